The first kappa shape index (κ1) is 11.7. The maximum Gasteiger partial charge on any atom is 0.169 e. The van der Waals surface area contributed by atoms with Crippen molar-refractivity contribution in [3.63, 3.8) is 0 Å². The standard InChI is InChI=1S/C14H14FNO/c1-14(2,3)13(17)10-7-9-5-4-6-11(15)12(9)16-8-10/h4-8H,1-3H3. The number of hydrogen-bond donors (Lipinski definition) is 0. The fourth-order valence-corrected chi connectivity index (χ4v) is 1.68. The Morgan fingerprint density at radius 3 is 2.65 bits per heavy atom. The van der Waals surface area contributed by atoms with Crippen molar-refractivity contribution in [3.8, 4) is 0 Å². The summed E-state index contributed by atoms with van der Waals surface area (Å²) in [4.78, 5) is 16.1. The van der Waals surface area contributed by atoms with Crippen LogP contribution in [-0.4, -0.2) is 10.8 Å². The smallest absolute Gasteiger partial charge is 0.169 e. The number of aromatic nitrogens is 1. The highest BCUT2D eigenvalue weighted by Gasteiger charge is 2.23. The molecule has 0 aliphatic carbocycles. The van der Waals surface area contributed by atoms with E-state index in [0.717, 1.165) is 0 Å². The van der Waals surface area contributed by atoms with E-state index in [1.54, 1.807) is 18.2 Å². The maximum atomic E-state index is 13.4. The molecule has 88 valence electrons. The van der Waals surface area contributed by atoms with E-state index < -0.39 is 5.41 Å². The number of fused-ring (bicyclic) bond motifs is 1. The van der Waals surface area contributed by atoms with Crippen LogP contribution in [0, 0.1) is 11.2 Å². The Morgan fingerprint density at radius 1 is 1.29 bits per heavy atom. The van der Waals surface area contributed by atoms with Crippen LogP contribution >= 0.6 is 0 Å². The van der Waals surface area contributed by atoms with E-state index in [1.807, 2.05) is 20.8 Å². The molecule has 0 saturated carbocycles. The van der Waals surface area contributed by atoms with E-state index in [9.17, 15) is 9.18 Å². The zero-order valence-electron chi connectivity index (χ0n) is 10.1. The van der Waals surface area contributed by atoms with Gasteiger partial charge >= 0.3 is 0 Å². The van der Waals surface area contributed by atoms with Crippen LogP contribution < -0.4 is 0 Å². The largest absolute Gasteiger partial charge is 0.294 e. The van der Waals surface area contributed by atoms with Crippen LogP contribution in [-0.2, 0) is 0 Å². The fourth-order valence-electron chi connectivity index (χ4n) is 1.68. The van der Waals surface area contributed by atoms with Crippen molar-refractivity contribution in [2.24, 2.45) is 5.41 Å². The Labute approximate surface area is 99.5 Å². The molecule has 17 heavy (non-hydrogen) atoms. The van der Waals surface area contributed by atoms with Crippen LogP contribution in [0.1, 0.15) is 31.1 Å². The third kappa shape index (κ3) is 2.18. The number of Topliss-reactive ketones (excluding diaryl/α,β-unsaturated/α-hetero) is 1. The van der Waals surface area contributed by atoms with Crippen LogP contribution in [0.3, 0.4) is 0 Å². The first-order valence-electron chi connectivity index (χ1n) is 5.48. The van der Waals surface area contributed by atoms with Crippen LogP contribution in [0.4, 0.5) is 4.39 Å². The van der Waals surface area contributed by atoms with Crippen LogP contribution in [0.15, 0.2) is 30.5 Å². The number of pyridine rings is 1. The van der Waals surface area contributed by atoms with Gasteiger partial charge in [-0.3, -0.25) is 9.78 Å². The van der Waals surface area contributed by atoms with Gasteiger partial charge in [-0.25, -0.2) is 4.39 Å². The monoisotopic (exact) mass is 231 g/mol. The van der Waals surface area contributed by atoms with Crippen molar-refractivity contribution in [2.45, 2.75) is 20.8 Å². The SMILES string of the molecule is CC(C)(C)C(=O)c1cnc2c(F)cccc2c1. The number of carbonyl (C=O) groups is 1. The number of carbonyl (C=O) groups excluding carboxylic acids is 1. The lowest BCUT2D eigenvalue weighted by Gasteiger charge is -2.16. The quantitative estimate of drug-likeness (QED) is 0.702. The van der Waals surface area contributed by atoms with Gasteiger partial charge in [0.05, 0.1) is 0 Å². The minimum Gasteiger partial charge on any atom is -0.294 e. The Morgan fingerprint density at radius 2 is 2.00 bits per heavy atom. The molecule has 0 aliphatic rings. The van der Waals surface area contributed by atoms with Gasteiger partial charge in [0.15, 0.2) is 5.78 Å². The molecule has 2 nitrogen and oxygen atoms in total. The molecule has 0 saturated heterocycles. The first-order valence-corrected chi connectivity index (χ1v) is 5.48. The summed E-state index contributed by atoms with van der Waals surface area (Å²) >= 11 is 0. The number of halogens is 1. The zero-order valence-corrected chi connectivity index (χ0v) is 10.1. The van der Waals surface area contributed by atoms with Gasteiger partial charge in [-0.2, -0.15) is 0 Å². The van der Waals surface area contributed by atoms with Gasteiger partial charge in [0.25, 0.3) is 0 Å². The second-order valence-corrected chi connectivity index (χ2v) is 5.11. The number of ketones is 1. The molecular weight excluding hydrogens is 217 g/mol. The average molecular weight is 231 g/mol. The van der Waals surface area contributed by atoms with Gasteiger partial charge in [-0.1, -0.05) is 32.9 Å². The molecule has 0 N–H and O–H groups in total. The maximum absolute atomic E-state index is 13.4. The van der Waals surface area contributed by atoms with Crippen LogP contribution in [0.5, 0.6) is 0 Å². The lowest BCUT2D eigenvalue weighted by molar-refractivity contribution is 0.0858. The van der Waals surface area contributed by atoms with Gasteiger partial charge in [0.1, 0.15) is 11.3 Å². The molecule has 2 rings (SSSR count). The van der Waals surface area contributed by atoms with E-state index in [4.69, 9.17) is 0 Å². The van der Waals surface area contributed by atoms with Crippen molar-refractivity contribution in [3.05, 3.63) is 41.8 Å². The van der Waals surface area contributed by atoms with Crippen LogP contribution in [0.2, 0.25) is 0 Å². The third-order valence-electron chi connectivity index (χ3n) is 2.61. The molecule has 1 aromatic heterocycles. The second kappa shape index (κ2) is 3.91. The number of para-hydroxylation sites is 1. The average Bonchev–Trinajstić information content (AvgIpc) is 2.26. The van der Waals surface area contributed by atoms with Crippen molar-refractivity contribution >= 4 is 16.7 Å². The Bertz CT molecular complexity index is 584. The Kier molecular flexibility index (Phi) is 2.69. The van der Waals surface area contributed by atoms with Crippen LogP contribution in [0.25, 0.3) is 10.9 Å². The normalized spacial score (nSPS) is 11.8. The van der Waals surface area contributed by atoms with Gasteiger partial charge in [0.2, 0.25) is 0 Å². The molecule has 0 amide bonds. The van der Waals surface area contributed by atoms with E-state index in [2.05, 4.69) is 4.98 Å². The number of rotatable bonds is 1. The molecule has 0 aliphatic heterocycles. The predicted molar refractivity (Wildman–Crippen MR) is 65.5 cm³/mol. The predicted octanol–water partition coefficient (Wildman–Crippen LogP) is 3.60. The summed E-state index contributed by atoms with van der Waals surface area (Å²) in [5, 5.41) is 0.653. The van der Waals surface area contributed by atoms with E-state index in [0.29, 0.717) is 16.5 Å². The Hall–Kier alpha value is -1.77. The van der Waals surface area contributed by atoms with Crippen molar-refractivity contribution in [1.29, 1.82) is 0 Å². The highest BCUT2D eigenvalue weighted by molar-refractivity contribution is 6.01. The number of hydrogen-bond acceptors (Lipinski definition) is 2. The van der Waals surface area contributed by atoms with Gasteiger partial charge in [-0.15, -0.1) is 0 Å². The summed E-state index contributed by atoms with van der Waals surface area (Å²) in [6, 6.07) is 6.43. The minimum atomic E-state index is -0.456. The highest BCUT2D eigenvalue weighted by Crippen LogP contribution is 2.23. The molecule has 0 bridgehead atoms. The molecule has 2 aromatic rings. The third-order valence-corrected chi connectivity index (χ3v) is 2.61. The van der Waals surface area contributed by atoms with E-state index >= 15 is 0 Å². The molecule has 0 spiro atoms. The topological polar surface area (TPSA) is 30.0 Å². The van der Waals surface area contributed by atoms with Gasteiger partial charge in [0, 0.05) is 22.6 Å². The summed E-state index contributed by atoms with van der Waals surface area (Å²) in [6.07, 6.45) is 1.44. The van der Waals surface area contributed by atoms with Crippen molar-refractivity contribution < 1.29 is 9.18 Å². The van der Waals surface area contributed by atoms with Gasteiger partial charge in [-0.05, 0) is 12.1 Å². The molecule has 0 fully saturated rings. The molecule has 0 radical (unpaired) electrons. The van der Waals surface area contributed by atoms with Gasteiger partial charge < -0.3 is 0 Å². The molecule has 3 heteroatoms. The summed E-state index contributed by atoms with van der Waals surface area (Å²) in [7, 11) is 0. The summed E-state index contributed by atoms with van der Waals surface area (Å²) in [6.45, 7) is 5.56. The minimum absolute atomic E-state index is 0.0103. The Balaban J connectivity index is 2.57. The summed E-state index contributed by atoms with van der Waals surface area (Å²) in [5.74, 6) is -0.353. The molecular formula is C14H14FNO. The molecule has 1 aromatic carbocycles. The first-order chi connectivity index (χ1) is 7.89. The molecule has 0 unspecified atom stereocenters. The second-order valence-electron chi connectivity index (χ2n) is 5.11. The van der Waals surface area contributed by atoms with Crippen molar-refractivity contribution in [1.82, 2.24) is 4.98 Å². The van der Waals surface area contributed by atoms with E-state index in [1.165, 1.54) is 12.3 Å². The molecule has 1 heterocycles. The van der Waals surface area contributed by atoms with Crippen molar-refractivity contribution in [2.75, 3.05) is 0 Å². The molecule has 0 atom stereocenters. The fraction of sp³-hybridized carbons (Fsp3) is 0.286. The number of nitrogens with zero attached hydrogens (tertiary/aromatic N) is 1. The summed E-state index contributed by atoms with van der Waals surface area (Å²) < 4.78 is 13.4. The highest BCUT2D eigenvalue weighted by atomic mass is 19.1. The zero-order chi connectivity index (χ0) is 12.6. The lowest BCUT2D eigenvalue weighted by Crippen LogP contribution is -2.20. The lowest BCUT2D eigenvalue weighted by atomic mass is 9.87. The summed E-state index contributed by atoms with van der Waals surface area (Å²) in [5.41, 5.74) is 0.372. The number of benzene rings is 1. The van der Waals surface area contributed by atoms with E-state index in [-0.39, 0.29) is 11.6 Å².